The minimum Gasteiger partial charge on any atom is -0.353 e. The van der Waals surface area contributed by atoms with Crippen LogP contribution in [0.25, 0.3) is 10.2 Å². The smallest absolute Gasteiger partial charge is 0.141 e. The first-order valence-corrected chi connectivity index (χ1v) is 8.23. The van der Waals surface area contributed by atoms with E-state index in [1.165, 1.54) is 35.9 Å². The summed E-state index contributed by atoms with van der Waals surface area (Å²) in [6.07, 6.45) is 6.78. The van der Waals surface area contributed by atoms with Crippen molar-refractivity contribution in [2.24, 2.45) is 0 Å². The van der Waals surface area contributed by atoms with Crippen LogP contribution < -0.4 is 10.2 Å². The van der Waals surface area contributed by atoms with E-state index in [0.29, 0.717) is 6.04 Å². The molecule has 0 spiro atoms. The zero-order valence-electron chi connectivity index (χ0n) is 12.2. The fraction of sp³-hybridized carbons (Fsp3) is 0.600. The lowest BCUT2D eigenvalue weighted by molar-refractivity contribution is 0.431. The van der Waals surface area contributed by atoms with Crippen molar-refractivity contribution in [2.45, 2.75) is 38.6 Å². The maximum Gasteiger partial charge on any atom is 0.141 e. The van der Waals surface area contributed by atoms with Crippen molar-refractivity contribution >= 4 is 27.4 Å². The van der Waals surface area contributed by atoms with E-state index < -0.39 is 0 Å². The first-order chi connectivity index (χ1) is 9.79. The summed E-state index contributed by atoms with van der Waals surface area (Å²) in [6, 6.07) is 2.84. The summed E-state index contributed by atoms with van der Waals surface area (Å²) in [7, 11) is 2.03. The van der Waals surface area contributed by atoms with Gasteiger partial charge in [0.05, 0.1) is 5.39 Å². The maximum absolute atomic E-state index is 4.60. The van der Waals surface area contributed by atoms with E-state index in [-0.39, 0.29) is 0 Å². The zero-order chi connectivity index (χ0) is 13.9. The number of rotatable bonds is 4. The highest BCUT2D eigenvalue weighted by Gasteiger charge is 2.25. The van der Waals surface area contributed by atoms with Crippen molar-refractivity contribution in [3.8, 4) is 0 Å². The molecular weight excluding hydrogens is 268 g/mol. The van der Waals surface area contributed by atoms with Gasteiger partial charge in [0.15, 0.2) is 0 Å². The van der Waals surface area contributed by atoms with Gasteiger partial charge in [0.1, 0.15) is 17.0 Å². The van der Waals surface area contributed by atoms with Gasteiger partial charge in [0, 0.05) is 17.5 Å². The number of piperidine rings is 1. The average molecular weight is 290 g/mol. The first-order valence-electron chi connectivity index (χ1n) is 7.42. The van der Waals surface area contributed by atoms with Crippen LogP contribution in [-0.2, 0) is 0 Å². The van der Waals surface area contributed by atoms with Crippen molar-refractivity contribution in [1.82, 2.24) is 15.3 Å². The van der Waals surface area contributed by atoms with Crippen molar-refractivity contribution < 1.29 is 0 Å². The lowest BCUT2D eigenvalue weighted by Gasteiger charge is -2.37. The van der Waals surface area contributed by atoms with Crippen molar-refractivity contribution in [3.05, 3.63) is 17.3 Å². The molecule has 5 heteroatoms. The fourth-order valence-corrected chi connectivity index (χ4v) is 3.92. The summed E-state index contributed by atoms with van der Waals surface area (Å²) in [6.45, 7) is 4.33. The average Bonchev–Trinajstić information content (AvgIpc) is 2.85. The summed E-state index contributed by atoms with van der Waals surface area (Å²) >= 11 is 1.76. The lowest BCUT2D eigenvalue weighted by Crippen LogP contribution is -2.41. The molecule has 1 unspecified atom stereocenters. The summed E-state index contributed by atoms with van der Waals surface area (Å²) in [5, 5.41) is 4.50. The van der Waals surface area contributed by atoms with Gasteiger partial charge in [-0.2, -0.15) is 0 Å². The highest BCUT2D eigenvalue weighted by Crippen LogP contribution is 2.33. The van der Waals surface area contributed by atoms with Crippen LogP contribution in [0.4, 0.5) is 5.82 Å². The van der Waals surface area contributed by atoms with Gasteiger partial charge >= 0.3 is 0 Å². The van der Waals surface area contributed by atoms with Crippen LogP contribution in [0.2, 0.25) is 0 Å². The van der Waals surface area contributed by atoms with Gasteiger partial charge in [-0.1, -0.05) is 0 Å². The number of fused-ring (bicyclic) bond motifs is 1. The third kappa shape index (κ3) is 2.65. The summed E-state index contributed by atoms with van der Waals surface area (Å²) in [4.78, 5) is 14.0. The number of nitrogens with one attached hydrogen (secondary N) is 1. The van der Waals surface area contributed by atoms with Gasteiger partial charge < -0.3 is 10.2 Å². The predicted octanol–water partition coefficient (Wildman–Crippen LogP) is 2.97. The van der Waals surface area contributed by atoms with Crippen LogP contribution in [0, 0.1) is 6.92 Å². The van der Waals surface area contributed by atoms with Crippen LogP contribution in [0.1, 0.15) is 30.6 Å². The van der Waals surface area contributed by atoms with E-state index in [1.807, 2.05) is 7.05 Å². The Morgan fingerprint density at radius 3 is 3.15 bits per heavy atom. The molecule has 0 bridgehead atoms. The van der Waals surface area contributed by atoms with E-state index >= 15 is 0 Å². The molecular formula is C15H22N4S. The molecule has 20 heavy (non-hydrogen) atoms. The standard InChI is InChI=1S/C15H22N4S/c1-11-9-13-14(17-10-18-15(13)20-11)19-8-4-3-5-12(19)6-7-16-2/h9-10,12,16H,3-8H2,1-2H3. The van der Waals surface area contributed by atoms with Gasteiger partial charge in [-0.3, -0.25) is 0 Å². The summed E-state index contributed by atoms with van der Waals surface area (Å²) in [5.41, 5.74) is 0. The molecule has 1 atom stereocenters. The second-order valence-corrected chi connectivity index (χ2v) is 6.74. The Hall–Kier alpha value is -1.20. The SMILES string of the molecule is CNCCC1CCCCN1c1ncnc2sc(C)cc12. The van der Waals surface area contributed by atoms with E-state index in [4.69, 9.17) is 0 Å². The summed E-state index contributed by atoms with van der Waals surface area (Å²) < 4.78 is 0. The van der Waals surface area contributed by atoms with Gasteiger partial charge in [-0.25, -0.2) is 9.97 Å². The molecule has 0 aliphatic carbocycles. The van der Waals surface area contributed by atoms with Crippen LogP contribution in [0.15, 0.2) is 12.4 Å². The molecule has 0 aromatic carbocycles. The van der Waals surface area contributed by atoms with Crippen LogP contribution in [0.3, 0.4) is 0 Å². The van der Waals surface area contributed by atoms with E-state index in [2.05, 4.69) is 33.2 Å². The molecule has 0 amide bonds. The highest BCUT2D eigenvalue weighted by molar-refractivity contribution is 7.18. The lowest BCUT2D eigenvalue weighted by atomic mass is 9.99. The normalized spacial score (nSPS) is 19.7. The number of aromatic nitrogens is 2. The van der Waals surface area contributed by atoms with Gasteiger partial charge in [0.25, 0.3) is 0 Å². The van der Waals surface area contributed by atoms with E-state index in [0.717, 1.165) is 23.7 Å². The van der Waals surface area contributed by atoms with E-state index in [1.54, 1.807) is 17.7 Å². The second-order valence-electron chi connectivity index (χ2n) is 5.51. The quantitative estimate of drug-likeness (QED) is 0.940. The Kier molecular flexibility index (Phi) is 4.17. The Labute approximate surface area is 124 Å². The van der Waals surface area contributed by atoms with Crippen LogP contribution in [-0.4, -0.2) is 36.1 Å². The topological polar surface area (TPSA) is 41.0 Å². The van der Waals surface area contributed by atoms with Crippen LogP contribution >= 0.6 is 11.3 Å². The Bertz CT molecular complexity index is 580. The van der Waals surface area contributed by atoms with Gasteiger partial charge in [-0.05, 0) is 52.3 Å². The Morgan fingerprint density at radius 1 is 1.40 bits per heavy atom. The van der Waals surface area contributed by atoms with E-state index in [9.17, 15) is 0 Å². The molecule has 2 aromatic rings. The molecule has 0 radical (unpaired) electrons. The minimum absolute atomic E-state index is 0.606. The second kappa shape index (κ2) is 6.06. The first kappa shape index (κ1) is 13.8. The van der Waals surface area contributed by atoms with Gasteiger partial charge in [0.2, 0.25) is 0 Å². The molecule has 108 valence electrons. The predicted molar refractivity (Wildman–Crippen MR) is 85.7 cm³/mol. The number of hydrogen-bond acceptors (Lipinski definition) is 5. The number of hydrogen-bond donors (Lipinski definition) is 1. The summed E-state index contributed by atoms with van der Waals surface area (Å²) in [5.74, 6) is 1.14. The molecule has 0 saturated carbocycles. The molecule has 1 N–H and O–H groups in total. The molecule has 3 rings (SSSR count). The molecule has 3 heterocycles. The third-order valence-electron chi connectivity index (χ3n) is 4.06. The molecule has 2 aromatic heterocycles. The Balaban J connectivity index is 1.94. The molecule has 4 nitrogen and oxygen atoms in total. The fourth-order valence-electron chi connectivity index (χ4n) is 3.08. The number of anilines is 1. The molecule has 1 aliphatic rings. The van der Waals surface area contributed by atoms with Crippen molar-refractivity contribution in [1.29, 1.82) is 0 Å². The molecule has 1 fully saturated rings. The van der Waals surface area contributed by atoms with Crippen molar-refractivity contribution in [3.63, 3.8) is 0 Å². The van der Waals surface area contributed by atoms with Crippen LogP contribution in [0.5, 0.6) is 0 Å². The zero-order valence-corrected chi connectivity index (χ0v) is 13.0. The molecule has 1 aliphatic heterocycles. The highest BCUT2D eigenvalue weighted by atomic mass is 32.1. The minimum atomic E-state index is 0.606. The molecule has 1 saturated heterocycles. The number of thiophene rings is 1. The largest absolute Gasteiger partial charge is 0.353 e. The Morgan fingerprint density at radius 2 is 2.30 bits per heavy atom. The number of aryl methyl sites for hydroxylation is 1. The third-order valence-corrected chi connectivity index (χ3v) is 5.02. The maximum atomic E-state index is 4.60. The van der Waals surface area contributed by atoms with Crippen molar-refractivity contribution in [2.75, 3.05) is 25.0 Å². The number of nitrogens with zero attached hydrogens (tertiary/aromatic N) is 3. The van der Waals surface area contributed by atoms with Gasteiger partial charge in [-0.15, -0.1) is 11.3 Å². The monoisotopic (exact) mass is 290 g/mol.